The van der Waals surface area contributed by atoms with Gasteiger partial charge in [0.15, 0.2) is 5.96 Å². The zero-order valence-corrected chi connectivity index (χ0v) is 18.3. The van der Waals surface area contributed by atoms with Crippen molar-refractivity contribution in [1.29, 1.82) is 0 Å². The summed E-state index contributed by atoms with van der Waals surface area (Å²) in [5, 5.41) is 6.93. The summed E-state index contributed by atoms with van der Waals surface area (Å²) >= 11 is 0. The fourth-order valence-electron chi connectivity index (χ4n) is 3.14. The molecule has 0 aromatic carbocycles. The minimum absolute atomic E-state index is 0. The highest BCUT2D eigenvalue weighted by atomic mass is 127. The van der Waals surface area contributed by atoms with Gasteiger partial charge in [-0.3, -0.25) is 9.89 Å². The summed E-state index contributed by atoms with van der Waals surface area (Å²) in [7, 11) is 4.06. The second-order valence-electron chi connectivity index (χ2n) is 7.05. The van der Waals surface area contributed by atoms with E-state index in [1.807, 2.05) is 7.05 Å². The van der Waals surface area contributed by atoms with E-state index in [1.165, 1.54) is 25.9 Å². The summed E-state index contributed by atoms with van der Waals surface area (Å²) in [5.74, 6) is 1.71. The first-order chi connectivity index (χ1) is 10.4. The monoisotopic (exact) mass is 439 g/mol. The molecule has 138 valence electrons. The highest BCUT2D eigenvalue weighted by molar-refractivity contribution is 14.0. The number of hydrogen-bond acceptors (Lipinski definition) is 3. The summed E-state index contributed by atoms with van der Waals surface area (Å²) in [5.41, 5.74) is 0. The van der Waals surface area contributed by atoms with Gasteiger partial charge in [0.1, 0.15) is 0 Å². The lowest BCUT2D eigenvalue weighted by Gasteiger charge is -2.31. The average Bonchev–Trinajstić information content (AvgIpc) is 2.47. The highest BCUT2D eigenvalue weighted by Gasteiger charge is 2.17. The lowest BCUT2D eigenvalue weighted by molar-refractivity contribution is 0.178. The Morgan fingerprint density at radius 3 is 2.17 bits per heavy atom. The molecule has 0 bridgehead atoms. The number of aliphatic imine (C=N–C) groups is 1. The van der Waals surface area contributed by atoms with E-state index < -0.39 is 0 Å². The molecule has 6 heteroatoms. The van der Waals surface area contributed by atoms with Crippen LogP contribution in [0.3, 0.4) is 0 Å². The summed E-state index contributed by atoms with van der Waals surface area (Å²) in [6, 6.07) is 1.16. The Kier molecular flexibility index (Phi) is 12.3. The van der Waals surface area contributed by atoms with E-state index in [2.05, 4.69) is 60.2 Å². The first-order valence-electron chi connectivity index (χ1n) is 8.82. The van der Waals surface area contributed by atoms with Crippen molar-refractivity contribution in [3.8, 4) is 0 Å². The fourth-order valence-corrected chi connectivity index (χ4v) is 3.14. The molecule has 0 atom stereocenters. The molecule has 0 aromatic heterocycles. The standard InChI is InChI=1S/C17H37N5.HI/c1-14(2)22(15(3)4)12-9-19-17(18-5)20-13-16-7-10-21(6)11-8-16;/h14-16H,7-13H2,1-6H3,(H2,18,19,20);1H. The molecule has 0 saturated carbocycles. The minimum atomic E-state index is 0. The molecular formula is C17H38IN5. The molecular weight excluding hydrogens is 401 g/mol. The quantitative estimate of drug-likeness (QED) is 0.363. The number of hydrogen-bond donors (Lipinski definition) is 2. The van der Waals surface area contributed by atoms with Gasteiger partial charge < -0.3 is 15.5 Å². The predicted octanol–water partition coefficient (Wildman–Crippen LogP) is 2.23. The zero-order chi connectivity index (χ0) is 16.5. The van der Waals surface area contributed by atoms with Crippen LogP contribution in [0.15, 0.2) is 4.99 Å². The van der Waals surface area contributed by atoms with Gasteiger partial charge >= 0.3 is 0 Å². The number of nitrogens with zero attached hydrogens (tertiary/aromatic N) is 3. The van der Waals surface area contributed by atoms with Crippen LogP contribution in [0.5, 0.6) is 0 Å². The second-order valence-corrected chi connectivity index (χ2v) is 7.05. The van der Waals surface area contributed by atoms with E-state index in [0.717, 1.165) is 31.5 Å². The van der Waals surface area contributed by atoms with E-state index in [9.17, 15) is 0 Å². The molecule has 1 aliphatic heterocycles. The van der Waals surface area contributed by atoms with Crippen LogP contribution in [0.1, 0.15) is 40.5 Å². The van der Waals surface area contributed by atoms with Gasteiger partial charge in [-0.1, -0.05) is 0 Å². The van der Waals surface area contributed by atoms with Crippen LogP contribution >= 0.6 is 24.0 Å². The minimum Gasteiger partial charge on any atom is -0.356 e. The maximum Gasteiger partial charge on any atom is 0.191 e. The van der Waals surface area contributed by atoms with Gasteiger partial charge in [0, 0.05) is 38.8 Å². The number of halogens is 1. The van der Waals surface area contributed by atoms with Crippen molar-refractivity contribution in [1.82, 2.24) is 20.4 Å². The van der Waals surface area contributed by atoms with Crippen molar-refractivity contribution in [3.05, 3.63) is 0 Å². The van der Waals surface area contributed by atoms with E-state index in [1.54, 1.807) is 0 Å². The van der Waals surface area contributed by atoms with Gasteiger partial charge in [-0.25, -0.2) is 0 Å². The summed E-state index contributed by atoms with van der Waals surface area (Å²) in [4.78, 5) is 9.25. The Morgan fingerprint density at radius 1 is 1.13 bits per heavy atom. The normalized spacial score (nSPS) is 17.7. The zero-order valence-electron chi connectivity index (χ0n) is 15.9. The van der Waals surface area contributed by atoms with Crippen LogP contribution in [0.2, 0.25) is 0 Å². The van der Waals surface area contributed by atoms with Crippen LogP contribution in [0.4, 0.5) is 0 Å². The number of likely N-dealkylation sites (tertiary alicyclic amines) is 1. The van der Waals surface area contributed by atoms with E-state index in [0.29, 0.717) is 12.1 Å². The summed E-state index contributed by atoms with van der Waals surface area (Å²) < 4.78 is 0. The third kappa shape index (κ3) is 9.10. The molecule has 2 N–H and O–H groups in total. The molecule has 0 unspecified atom stereocenters. The van der Waals surface area contributed by atoms with Gasteiger partial charge in [-0.2, -0.15) is 0 Å². The lowest BCUT2D eigenvalue weighted by Crippen LogP contribution is -2.46. The Hall–Kier alpha value is -0.0800. The van der Waals surface area contributed by atoms with E-state index in [4.69, 9.17) is 0 Å². The van der Waals surface area contributed by atoms with Crippen LogP contribution in [-0.4, -0.2) is 74.7 Å². The Balaban J connectivity index is 0.00000484. The Morgan fingerprint density at radius 2 is 1.70 bits per heavy atom. The molecule has 0 spiro atoms. The van der Waals surface area contributed by atoms with Gasteiger partial charge in [0.05, 0.1) is 0 Å². The van der Waals surface area contributed by atoms with Gasteiger partial charge in [0.2, 0.25) is 0 Å². The van der Waals surface area contributed by atoms with Gasteiger partial charge in [0.25, 0.3) is 0 Å². The lowest BCUT2D eigenvalue weighted by atomic mass is 9.97. The number of rotatable bonds is 7. The molecule has 1 rings (SSSR count). The summed E-state index contributed by atoms with van der Waals surface area (Å²) in [6.07, 6.45) is 2.57. The molecule has 1 fully saturated rings. The van der Waals surface area contributed by atoms with Crippen LogP contribution in [0, 0.1) is 5.92 Å². The van der Waals surface area contributed by atoms with Crippen LogP contribution in [-0.2, 0) is 0 Å². The van der Waals surface area contributed by atoms with Crippen molar-refractivity contribution in [3.63, 3.8) is 0 Å². The molecule has 1 saturated heterocycles. The van der Waals surface area contributed by atoms with Crippen molar-refractivity contribution in [2.24, 2.45) is 10.9 Å². The van der Waals surface area contributed by atoms with E-state index >= 15 is 0 Å². The summed E-state index contributed by atoms with van der Waals surface area (Å²) in [6.45, 7) is 14.5. The van der Waals surface area contributed by atoms with Crippen molar-refractivity contribution in [2.75, 3.05) is 46.8 Å². The highest BCUT2D eigenvalue weighted by Crippen LogP contribution is 2.14. The number of nitrogens with one attached hydrogen (secondary N) is 2. The fraction of sp³-hybridized carbons (Fsp3) is 0.941. The Labute approximate surface area is 160 Å². The maximum atomic E-state index is 4.34. The first kappa shape index (κ1) is 22.9. The SMILES string of the molecule is CN=C(NCCN(C(C)C)C(C)C)NCC1CCN(C)CC1.I. The first-order valence-corrected chi connectivity index (χ1v) is 8.82. The molecule has 0 aromatic rings. The molecule has 0 amide bonds. The third-order valence-electron chi connectivity index (χ3n) is 4.61. The molecule has 0 aliphatic carbocycles. The second kappa shape index (κ2) is 12.3. The number of piperidine rings is 1. The van der Waals surface area contributed by atoms with Gasteiger partial charge in [-0.05, 0) is 66.6 Å². The Bertz CT molecular complexity index is 317. The predicted molar refractivity (Wildman–Crippen MR) is 112 cm³/mol. The van der Waals surface area contributed by atoms with Gasteiger partial charge in [-0.15, -0.1) is 24.0 Å². The molecule has 5 nitrogen and oxygen atoms in total. The topological polar surface area (TPSA) is 42.9 Å². The number of guanidine groups is 1. The molecule has 0 radical (unpaired) electrons. The van der Waals surface area contributed by atoms with Crippen molar-refractivity contribution in [2.45, 2.75) is 52.6 Å². The maximum absolute atomic E-state index is 4.34. The third-order valence-corrected chi connectivity index (χ3v) is 4.61. The molecule has 23 heavy (non-hydrogen) atoms. The van der Waals surface area contributed by atoms with Crippen LogP contribution in [0.25, 0.3) is 0 Å². The van der Waals surface area contributed by atoms with Crippen molar-refractivity contribution < 1.29 is 0 Å². The average molecular weight is 439 g/mol. The smallest absolute Gasteiger partial charge is 0.191 e. The largest absolute Gasteiger partial charge is 0.356 e. The molecule has 1 heterocycles. The van der Waals surface area contributed by atoms with Crippen LogP contribution < -0.4 is 10.6 Å². The molecule has 1 aliphatic rings. The van der Waals surface area contributed by atoms with Crippen molar-refractivity contribution >= 4 is 29.9 Å². The van der Waals surface area contributed by atoms with E-state index in [-0.39, 0.29) is 24.0 Å².